The number of halogens is 1. The highest BCUT2D eigenvalue weighted by Gasteiger charge is 2.31. The Hall–Kier alpha value is -1.13. The highest BCUT2D eigenvalue weighted by atomic mass is 19.1. The molecule has 0 amide bonds. The van der Waals surface area contributed by atoms with Crippen LogP contribution in [0.3, 0.4) is 0 Å². The van der Waals surface area contributed by atoms with Crippen LogP contribution in [-0.4, -0.2) is 18.3 Å². The van der Waals surface area contributed by atoms with Gasteiger partial charge in [-0.3, -0.25) is 0 Å². The van der Waals surface area contributed by atoms with Gasteiger partial charge in [-0.15, -0.1) is 0 Å². The average molecular weight is 267 g/mol. The molecule has 2 N–H and O–H groups in total. The van der Waals surface area contributed by atoms with Gasteiger partial charge in [-0.05, 0) is 39.7 Å². The zero-order valence-corrected chi connectivity index (χ0v) is 11.8. The zero-order valence-electron chi connectivity index (χ0n) is 11.8. The van der Waals surface area contributed by atoms with Crippen molar-refractivity contribution in [3.63, 3.8) is 0 Å². The molecule has 3 nitrogen and oxygen atoms in total. The molecule has 0 aliphatic carbocycles. The summed E-state index contributed by atoms with van der Waals surface area (Å²) >= 11 is 0. The number of hydrogen-bond donors (Lipinski definition) is 1. The van der Waals surface area contributed by atoms with Crippen LogP contribution < -0.4 is 10.5 Å². The molecule has 0 bridgehead atoms. The molecule has 1 aliphatic heterocycles. The maximum atomic E-state index is 13.7. The van der Waals surface area contributed by atoms with E-state index in [0.29, 0.717) is 17.9 Å². The largest absolute Gasteiger partial charge is 0.491 e. The van der Waals surface area contributed by atoms with Gasteiger partial charge in [-0.25, -0.2) is 4.39 Å². The van der Waals surface area contributed by atoms with Crippen molar-refractivity contribution in [1.82, 2.24) is 0 Å². The first-order chi connectivity index (χ1) is 8.87. The molecule has 1 saturated heterocycles. The van der Waals surface area contributed by atoms with Crippen LogP contribution in [-0.2, 0) is 4.74 Å². The van der Waals surface area contributed by atoms with Crippen molar-refractivity contribution in [1.29, 1.82) is 0 Å². The summed E-state index contributed by atoms with van der Waals surface area (Å²) in [4.78, 5) is 0. The molecule has 1 aromatic carbocycles. The van der Waals surface area contributed by atoms with Gasteiger partial charge >= 0.3 is 0 Å². The van der Waals surface area contributed by atoms with Crippen LogP contribution in [0, 0.1) is 5.82 Å². The maximum Gasteiger partial charge on any atom is 0.131 e. The minimum absolute atomic E-state index is 0.0713. The lowest BCUT2D eigenvalue weighted by molar-refractivity contribution is -0.0326. The van der Waals surface area contributed by atoms with Gasteiger partial charge in [0.05, 0.1) is 11.7 Å². The first-order valence-electron chi connectivity index (χ1n) is 6.73. The number of nitrogens with two attached hydrogens (primary N) is 1. The van der Waals surface area contributed by atoms with E-state index in [4.69, 9.17) is 15.2 Å². The van der Waals surface area contributed by atoms with E-state index in [9.17, 15) is 4.39 Å². The first kappa shape index (κ1) is 14.3. The minimum Gasteiger partial charge on any atom is -0.491 e. The van der Waals surface area contributed by atoms with E-state index in [1.165, 1.54) is 6.07 Å². The molecule has 1 heterocycles. The Labute approximate surface area is 113 Å². The van der Waals surface area contributed by atoms with Crippen LogP contribution in [0.2, 0.25) is 0 Å². The van der Waals surface area contributed by atoms with Crippen LogP contribution in [0.5, 0.6) is 5.75 Å². The Kier molecular flexibility index (Phi) is 4.11. The van der Waals surface area contributed by atoms with Gasteiger partial charge in [0.2, 0.25) is 0 Å². The molecule has 0 spiro atoms. The molecule has 19 heavy (non-hydrogen) atoms. The summed E-state index contributed by atoms with van der Waals surface area (Å²) in [6.07, 6.45) is 2.10. The van der Waals surface area contributed by atoms with Gasteiger partial charge in [0, 0.05) is 17.7 Å². The topological polar surface area (TPSA) is 44.5 Å². The van der Waals surface area contributed by atoms with Crippen molar-refractivity contribution in [2.75, 3.05) is 6.61 Å². The summed E-state index contributed by atoms with van der Waals surface area (Å²) in [5.74, 6) is 0.204. The predicted molar refractivity (Wildman–Crippen MR) is 72.7 cm³/mol. The van der Waals surface area contributed by atoms with E-state index in [0.717, 1.165) is 12.8 Å². The third-order valence-corrected chi connectivity index (χ3v) is 3.45. The highest BCUT2D eigenvalue weighted by Crippen LogP contribution is 2.30. The number of rotatable bonds is 4. The Morgan fingerprint density at radius 2 is 2.26 bits per heavy atom. The standard InChI is InChI=1S/C15H22FNO2/c1-10(17)13-5-4-11(8-14(13)16)18-9-12-6-7-15(2,3)19-12/h4-5,8,10,12H,6-7,9,17H2,1-3H3/t10-,12?/m1/s1. The van der Waals surface area contributed by atoms with Gasteiger partial charge in [0.25, 0.3) is 0 Å². The molecule has 1 aromatic rings. The summed E-state index contributed by atoms with van der Waals surface area (Å²) < 4.78 is 25.2. The molecule has 106 valence electrons. The minimum atomic E-state index is -0.319. The van der Waals surface area contributed by atoms with Gasteiger partial charge in [0.1, 0.15) is 18.2 Å². The Morgan fingerprint density at radius 1 is 1.53 bits per heavy atom. The number of benzene rings is 1. The van der Waals surface area contributed by atoms with E-state index < -0.39 is 0 Å². The van der Waals surface area contributed by atoms with E-state index >= 15 is 0 Å². The van der Waals surface area contributed by atoms with E-state index in [-0.39, 0.29) is 23.6 Å². The van der Waals surface area contributed by atoms with Crippen LogP contribution in [0.4, 0.5) is 4.39 Å². The Bertz CT molecular complexity index is 446. The van der Waals surface area contributed by atoms with Crippen molar-refractivity contribution in [3.8, 4) is 5.75 Å². The Morgan fingerprint density at radius 3 is 2.79 bits per heavy atom. The second-order valence-corrected chi connectivity index (χ2v) is 5.82. The molecule has 1 unspecified atom stereocenters. The lowest BCUT2D eigenvalue weighted by Crippen LogP contribution is -2.23. The monoisotopic (exact) mass is 267 g/mol. The van der Waals surface area contributed by atoms with Gasteiger partial charge < -0.3 is 15.2 Å². The third-order valence-electron chi connectivity index (χ3n) is 3.45. The lowest BCUT2D eigenvalue weighted by atomic mass is 10.1. The van der Waals surface area contributed by atoms with Crippen LogP contribution in [0.25, 0.3) is 0 Å². The molecule has 0 radical (unpaired) electrons. The van der Waals surface area contributed by atoms with E-state index in [1.54, 1.807) is 19.1 Å². The van der Waals surface area contributed by atoms with Crippen molar-refractivity contribution in [2.24, 2.45) is 5.73 Å². The molecular weight excluding hydrogens is 245 g/mol. The fourth-order valence-corrected chi connectivity index (χ4v) is 2.35. The smallest absolute Gasteiger partial charge is 0.131 e. The molecular formula is C15H22FNO2. The lowest BCUT2D eigenvalue weighted by Gasteiger charge is -2.19. The Balaban J connectivity index is 1.92. The third kappa shape index (κ3) is 3.67. The second-order valence-electron chi connectivity index (χ2n) is 5.82. The van der Waals surface area contributed by atoms with E-state index in [2.05, 4.69) is 13.8 Å². The summed E-state index contributed by atoms with van der Waals surface area (Å²) in [6.45, 7) is 6.36. The fraction of sp³-hybridized carbons (Fsp3) is 0.600. The van der Waals surface area contributed by atoms with Gasteiger partial charge in [-0.1, -0.05) is 6.07 Å². The maximum absolute atomic E-state index is 13.7. The predicted octanol–water partition coefficient (Wildman–Crippen LogP) is 3.18. The van der Waals surface area contributed by atoms with Crippen LogP contribution >= 0.6 is 0 Å². The highest BCUT2D eigenvalue weighted by molar-refractivity contribution is 5.30. The molecule has 0 saturated carbocycles. The average Bonchev–Trinajstić information content (AvgIpc) is 2.66. The number of hydrogen-bond acceptors (Lipinski definition) is 3. The fourth-order valence-electron chi connectivity index (χ4n) is 2.35. The summed E-state index contributed by atoms with van der Waals surface area (Å²) in [5, 5.41) is 0. The summed E-state index contributed by atoms with van der Waals surface area (Å²) in [5.41, 5.74) is 6.10. The molecule has 0 aromatic heterocycles. The van der Waals surface area contributed by atoms with Crippen molar-refractivity contribution in [2.45, 2.75) is 51.4 Å². The van der Waals surface area contributed by atoms with E-state index in [1.807, 2.05) is 0 Å². The SMILES string of the molecule is C[C@@H](N)c1ccc(OCC2CCC(C)(C)O2)cc1F. The quantitative estimate of drug-likeness (QED) is 0.911. The normalized spacial score (nSPS) is 23.3. The van der Waals surface area contributed by atoms with Crippen LogP contribution in [0.1, 0.15) is 45.2 Å². The molecule has 4 heteroatoms. The molecule has 1 aliphatic rings. The summed E-state index contributed by atoms with van der Waals surface area (Å²) in [6, 6.07) is 4.50. The van der Waals surface area contributed by atoms with Crippen LogP contribution in [0.15, 0.2) is 18.2 Å². The van der Waals surface area contributed by atoms with Crippen molar-refractivity contribution >= 4 is 0 Å². The van der Waals surface area contributed by atoms with Crippen molar-refractivity contribution in [3.05, 3.63) is 29.6 Å². The summed E-state index contributed by atoms with van der Waals surface area (Å²) in [7, 11) is 0. The van der Waals surface area contributed by atoms with Gasteiger partial charge in [0.15, 0.2) is 0 Å². The van der Waals surface area contributed by atoms with Crippen molar-refractivity contribution < 1.29 is 13.9 Å². The first-order valence-corrected chi connectivity index (χ1v) is 6.73. The second kappa shape index (κ2) is 5.47. The van der Waals surface area contributed by atoms with Gasteiger partial charge in [-0.2, -0.15) is 0 Å². The molecule has 2 rings (SSSR count). The number of ether oxygens (including phenoxy) is 2. The molecule has 2 atom stereocenters. The molecule has 1 fully saturated rings. The zero-order chi connectivity index (χ0) is 14.0.